The van der Waals surface area contributed by atoms with Gasteiger partial charge in [0.2, 0.25) is 5.88 Å². The summed E-state index contributed by atoms with van der Waals surface area (Å²) < 4.78 is 2.11. The maximum Gasteiger partial charge on any atom is 0.303 e. The minimum atomic E-state index is -0.855. The van der Waals surface area contributed by atoms with Crippen LogP contribution >= 0.6 is 23.6 Å². The molecule has 0 unspecified atom stereocenters. The van der Waals surface area contributed by atoms with Crippen molar-refractivity contribution in [1.29, 1.82) is 0 Å². The summed E-state index contributed by atoms with van der Waals surface area (Å²) in [6, 6.07) is 5.86. The Bertz CT molecular complexity index is 970. The summed E-state index contributed by atoms with van der Waals surface area (Å²) in [6.45, 7) is 0.389. The molecule has 0 bridgehead atoms. The Labute approximate surface area is 141 Å². The van der Waals surface area contributed by atoms with E-state index in [0.29, 0.717) is 21.8 Å². The fraction of sp³-hybridized carbons (Fsp3) is 0.188. The molecule has 5 nitrogen and oxygen atoms in total. The molecule has 1 aliphatic rings. The number of aromatic nitrogens is 1. The van der Waals surface area contributed by atoms with E-state index in [9.17, 15) is 9.90 Å². The van der Waals surface area contributed by atoms with Gasteiger partial charge in [-0.1, -0.05) is 18.2 Å². The third kappa shape index (κ3) is 3.25. The summed E-state index contributed by atoms with van der Waals surface area (Å²) in [4.78, 5) is 15.6. The highest BCUT2D eigenvalue weighted by atomic mass is 32.1. The predicted molar refractivity (Wildman–Crippen MR) is 91.5 cm³/mol. The molecule has 7 heteroatoms. The van der Waals surface area contributed by atoms with E-state index in [1.807, 2.05) is 30.4 Å². The van der Waals surface area contributed by atoms with Crippen LogP contribution in [0.3, 0.4) is 0 Å². The Morgan fingerprint density at radius 1 is 1.43 bits per heavy atom. The molecule has 0 amide bonds. The molecule has 2 aromatic rings. The van der Waals surface area contributed by atoms with Gasteiger partial charge in [-0.05, 0) is 30.8 Å². The highest BCUT2D eigenvalue weighted by Crippen LogP contribution is 2.27. The Balaban J connectivity index is 1.97. The number of aliphatic carboxylic acids is 1. The summed E-state index contributed by atoms with van der Waals surface area (Å²) in [6.07, 6.45) is 6.02. The second-order valence-corrected chi connectivity index (χ2v) is 6.75. The van der Waals surface area contributed by atoms with Crippen molar-refractivity contribution in [3.05, 3.63) is 49.4 Å². The summed E-state index contributed by atoms with van der Waals surface area (Å²) in [5, 5.41) is 20.9. The van der Waals surface area contributed by atoms with Crippen molar-refractivity contribution in [2.24, 2.45) is 4.99 Å². The number of nitrogens with zero attached hydrogens (tertiary/aromatic N) is 2. The normalized spacial score (nSPS) is 13.1. The summed E-state index contributed by atoms with van der Waals surface area (Å²) >= 11 is 6.58. The molecule has 23 heavy (non-hydrogen) atoms. The summed E-state index contributed by atoms with van der Waals surface area (Å²) in [7, 11) is 0. The van der Waals surface area contributed by atoms with Gasteiger partial charge < -0.3 is 10.2 Å². The SMILES string of the molecule is O=C(O)CCCn1c(O)c(C=c2cccc3c2=NC=C3)sc1=S. The quantitative estimate of drug-likeness (QED) is 0.815. The monoisotopic (exact) mass is 346 g/mol. The molecule has 0 fully saturated rings. The smallest absolute Gasteiger partial charge is 0.303 e. The number of fused-ring (bicyclic) bond motifs is 1. The van der Waals surface area contributed by atoms with Gasteiger partial charge in [0.15, 0.2) is 3.95 Å². The van der Waals surface area contributed by atoms with Crippen molar-refractivity contribution in [3.8, 4) is 5.88 Å². The van der Waals surface area contributed by atoms with Crippen LogP contribution in [0, 0.1) is 3.95 Å². The van der Waals surface area contributed by atoms with Gasteiger partial charge in [0.05, 0.1) is 10.2 Å². The maximum absolute atomic E-state index is 10.6. The van der Waals surface area contributed by atoms with Crippen LogP contribution in [-0.2, 0) is 11.3 Å². The van der Waals surface area contributed by atoms with Gasteiger partial charge in [0.1, 0.15) is 0 Å². The van der Waals surface area contributed by atoms with E-state index in [4.69, 9.17) is 17.3 Å². The molecule has 1 aliphatic heterocycles. The number of benzene rings is 1. The van der Waals surface area contributed by atoms with Crippen LogP contribution in [0.5, 0.6) is 5.88 Å². The molecule has 2 heterocycles. The van der Waals surface area contributed by atoms with E-state index in [1.54, 1.807) is 10.8 Å². The molecule has 0 saturated heterocycles. The van der Waals surface area contributed by atoms with Gasteiger partial charge in [-0.15, -0.1) is 11.3 Å². The number of aromatic hydroxyl groups is 1. The van der Waals surface area contributed by atoms with Gasteiger partial charge in [0.25, 0.3) is 0 Å². The first kappa shape index (κ1) is 15.6. The molecule has 0 saturated carbocycles. The fourth-order valence-corrected chi connectivity index (χ4v) is 3.72. The molecule has 0 aliphatic carbocycles. The van der Waals surface area contributed by atoms with Crippen molar-refractivity contribution in [3.63, 3.8) is 0 Å². The zero-order chi connectivity index (χ0) is 16.4. The molecular weight excluding hydrogens is 332 g/mol. The molecule has 1 aromatic carbocycles. The van der Waals surface area contributed by atoms with Crippen molar-refractivity contribution in [1.82, 2.24) is 4.57 Å². The number of thiazole rings is 1. The van der Waals surface area contributed by atoms with E-state index in [-0.39, 0.29) is 12.3 Å². The highest BCUT2D eigenvalue weighted by Gasteiger charge is 2.11. The van der Waals surface area contributed by atoms with E-state index < -0.39 is 5.97 Å². The molecule has 0 atom stereocenters. The first-order chi connectivity index (χ1) is 11.1. The Hall–Kier alpha value is -2.25. The molecule has 0 spiro atoms. The second kappa shape index (κ2) is 6.47. The minimum absolute atomic E-state index is 0.0485. The van der Waals surface area contributed by atoms with Crippen molar-refractivity contribution >= 4 is 41.7 Å². The predicted octanol–water partition coefficient (Wildman–Crippen LogP) is 2.28. The number of hydrogen-bond donors (Lipinski definition) is 2. The van der Waals surface area contributed by atoms with Crippen LogP contribution in [0.1, 0.15) is 23.3 Å². The van der Waals surface area contributed by atoms with Gasteiger partial charge in [-0.25, -0.2) is 0 Å². The van der Waals surface area contributed by atoms with Crippen molar-refractivity contribution in [2.75, 3.05) is 0 Å². The standard InChI is InChI=1S/C16H14N2O3S2/c19-13(20)5-2-8-18-15(21)12(23-16(18)22)9-11-4-1-3-10-6-7-17-14(10)11/h1,3-4,6-7,9,21H,2,5,8H2,(H,19,20). The lowest BCUT2D eigenvalue weighted by Gasteiger charge is -2.02. The summed E-state index contributed by atoms with van der Waals surface area (Å²) in [5.74, 6) is -0.777. The highest BCUT2D eigenvalue weighted by molar-refractivity contribution is 7.73. The molecular formula is C16H14N2O3S2. The number of carbonyl (C=O) groups is 1. The first-order valence-corrected chi connectivity index (χ1v) is 8.28. The lowest BCUT2D eigenvalue weighted by Crippen LogP contribution is -2.25. The number of rotatable bonds is 5. The molecule has 2 N–H and O–H groups in total. The van der Waals surface area contributed by atoms with E-state index >= 15 is 0 Å². The largest absolute Gasteiger partial charge is 0.493 e. The number of hydrogen-bond acceptors (Lipinski definition) is 5. The molecule has 118 valence electrons. The number of carboxylic acids is 1. The van der Waals surface area contributed by atoms with Crippen LogP contribution in [-0.4, -0.2) is 20.7 Å². The van der Waals surface area contributed by atoms with Gasteiger partial charge in [0, 0.05) is 29.9 Å². The second-order valence-electron chi connectivity index (χ2n) is 5.08. The van der Waals surface area contributed by atoms with Crippen LogP contribution in [0.4, 0.5) is 0 Å². The Morgan fingerprint density at radius 2 is 2.26 bits per heavy atom. The number of para-hydroxylation sites is 1. The maximum atomic E-state index is 10.6. The van der Waals surface area contributed by atoms with Crippen molar-refractivity contribution in [2.45, 2.75) is 19.4 Å². The average Bonchev–Trinajstić information content (AvgIpc) is 3.08. The van der Waals surface area contributed by atoms with Crippen LogP contribution in [0.15, 0.2) is 29.4 Å². The van der Waals surface area contributed by atoms with Gasteiger partial charge in [-0.2, -0.15) is 0 Å². The topological polar surface area (TPSA) is 74.8 Å². The minimum Gasteiger partial charge on any atom is -0.493 e. The zero-order valence-corrected chi connectivity index (χ0v) is 13.7. The van der Waals surface area contributed by atoms with E-state index in [2.05, 4.69) is 4.99 Å². The van der Waals surface area contributed by atoms with Crippen LogP contribution in [0.25, 0.3) is 12.2 Å². The summed E-state index contributed by atoms with van der Waals surface area (Å²) in [5.41, 5.74) is 1.04. The van der Waals surface area contributed by atoms with Gasteiger partial charge >= 0.3 is 5.97 Å². The molecule has 3 rings (SSSR count). The van der Waals surface area contributed by atoms with Crippen LogP contribution in [0.2, 0.25) is 0 Å². The first-order valence-electron chi connectivity index (χ1n) is 7.06. The lowest BCUT2D eigenvalue weighted by molar-refractivity contribution is -0.137. The fourth-order valence-electron chi connectivity index (χ4n) is 2.41. The third-order valence-corrected chi connectivity index (χ3v) is 4.89. The average molecular weight is 346 g/mol. The van der Waals surface area contributed by atoms with Crippen molar-refractivity contribution < 1.29 is 15.0 Å². The van der Waals surface area contributed by atoms with E-state index in [1.165, 1.54) is 11.3 Å². The molecule has 1 aromatic heterocycles. The lowest BCUT2D eigenvalue weighted by atomic mass is 10.1. The Kier molecular flexibility index (Phi) is 4.40. The Morgan fingerprint density at radius 3 is 3.04 bits per heavy atom. The van der Waals surface area contributed by atoms with Gasteiger partial charge in [-0.3, -0.25) is 14.4 Å². The number of carboxylic acid groups (broad SMARTS) is 1. The zero-order valence-electron chi connectivity index (χ0n) is 12.1. The van der Waals surface area contributed by atoms with Crippen LogP contribution < -0.4 is 10.6 Å². The third-order valence-electron chi connectivity index (χ3n) is 3.51. The van der Waals surface area contributed by atoms with E-state index in [0.717, 1.165) is 16.1 Å². The molecule has 0 radical (unpaired) electrons.